The molecule has 0 spiro atoms. The summed E-state index contributed by atoms with van der Waals surface area (Å²) in [6, 6.07) is 0.517. The Bertz CT molecular complexity index is 827. The first-order valence-electron chi connectivity index (χ1n) is 8.31. The summed E-state index contributed by atoms with van der Waals surface area (Å²) in [4.78, 5) is 35.7. The average Bonchev–Trinajstić information content (AvgIpc) is 3.28. The lowest BCUT2D eigenvalue weighted by molar-refractivity contribution is -0.119. The quantitative estimate of drug-likeness (QED) is 0.536. The number of amides is 2. The second-order valence-electron chi connectivity index (χ2n) is 5.65. The van der Waals surface area contributed by atoms with Crippen LogP contribution in [0.5, 0.6) is 0 Å². The molecule has 2 amide bonds. The molecule has 0 saturated heterocycles. The molecule has 146 valence electrons. The summed E-state index contributed by atoms with van der Waals surface area (Å²) < 4.78 is 7.65. The van der Waals surface area contributed by atoms with Gasteiger partial charge in [0.05, 0.1) is 12.3 Å². The number of hydrogen-bond acceptors (Lipinski definition) is 6. The lowest BCUT2D eigenvalue weighted by atomic mass is 10.3. The van der Waals surface area contributed by atoms with Gasteiger partial charge in [0.15, 0.2) is 11.4 Å². The Kier molecular flexibility index (Phi) is 6.66. The van der Waals surface area contributed by atoms with Crippen molar-refractivity contribution in [3.63, 3.8) is 0 Å². The minimum Gasteiger partial charge on any atom is -0.476 e. The molecule has 2 aromatic rings. The van der Waals surface area contributed by atoms with E-state index >= 15 is 0 Å². The third-order valence-corrected chi connectivity index (χ3v) is 3.75. The number of carboxylic acids is 1. The number of carboxylic acid groups (broad SMARTS) is 1. The fourth-order valence-electron chi connectivity index (χ4n) is 2.22. The van der Waals surface area contributed by atoms with Crippen LogP contribution in [0.25, 0.3) is 0 Å². The van der Waals surface area contributed by atoms with Gasteiger partial charge in [0, 0.05) is 32.6 Å². The standard InChI is InChI=1S/C16H22N6O5/c1-4-21-9-12(13(20-21)15(24)17-6-8-27-3)18-14(23)10(2)22-7-5-11(19-22)16(25)26/h5,7,9-10H,4,6,8H2,1-3H3,(H,17,24)(H,18,23)(H,25,26). The number of aromatic nitrogens is 4. The normalized spacial score (nSPS) is 11.8. The highest BCUT2D eigenvalue weighted by Crippen LogP contribution is 2.17. The van der Waals surface area contributed by atoms with Gasteiger partial charge in [-0.15, -0.1) is 0 Å². The number of ether oxygens (including phenoxy) is 1. The fraction of sp³-hybridized carbons (Fsp3) is 0.438. The van der Waals surface area contributed by atoms with Crippen molar-refractivity contribution >= 4 is 23.5 Å². The predicted octanol–water partition coefficient (Wildman–Crippen LogP) is 0.374. The molecule has 1 atom stereocenters. The van der Waals surface area contributed by atoms with E-state index in [1.807, 2.05) is 6.92 Å². The molecule has 0 aliphatic heterocycles. The third-order valence-electron chi connectivity index (χ3n) is 3.75. The van der Waals surface area contributed by atoms with Crippen LogP contribution in [-0.4, -0.2) is 62.7 Å². The largest absolute Gasteiger partial charge is 0.476 e. The zero-order valence-corrected chi connectivity index (χ0v) is 15.3. The molecule has 0 aliphatic carbocycles. The number of nitrogens with zero attached hydrogens (tertiary/aromatic N) is 4. The maximum atomic E-state index is 12.5. The number of carbonyl (C=O) groups is 3. The highest BCUT2D eigenvalue weighted by atomic mass is 16.5. The van der Waals surface area contributed by atoms with Crippen LogP contribution >= 0.6 is 0 Å². The van der Waals surface area contributed by atoms with E-state index in [2.05, 4.69) is 20.8 Å². The van der Waals surface area contributed by atoms with E-state index in [4.69, 9.17) is 9.84 Å². The molecule has 0 aliphatic rings. The lowest BCUT2D eigenvalue weighted by Crippen LogP contribution is -2.29. The van der Waals surface area contributed by atoms with Crippen LogP contribution in [0.3, 0.4) is 0 Å². The Morgan fingerprint density at radius 2 is 2.07 bits per heavy atom. The molecule has 3 N–H and O–H groups in total. The molecule has 27 heavy (non-hydrogen) atoms. The number of nitrogens with one attached hydrogen (secondary N) is 2. The van der Waals surface area contributed by atoms with E-state index in [1.165, 1.54) is 28.7 Å². The van der Waals surface area contributed by atoms with E-state index in [-0.39, 0.29) is 17.1 Å². The van der Waals surface area contributed by atoms with E-state index in [1.54, 1.807) is 13.1 Å². The topological polar surface area (TPSA) is 140 Å². The van der Waals surface area contributed by atoms with Gasteiger partial charge in [-0.3, -0.25) is 19.0 Å². The summed E-state index contributed by atoms with van der Waals surface area (Å²) in [5.41, 5.74) is 0.182. The van der Waals surface area contributed by atoms with Crippen LogP contribution in [0.15, 0.2) is 18.5 Å². The lowest BCUT2D eigenvalue weighted by Gasteiger charge is -2.12. The number of aromatic carboxylic acids is 1. The molecule has 0 saturated carbocycles. The van der Waals surface area contributed by atoms with Gasteiger partial charge in [0.1, 0.15) is 6.04 Å². The first-order chi connectivity index (χ1) is 12.9. The summed E-state index contributed by atoms with van der Waals surface area (Å²) in [5.74, 6) is -2.08. The van der Waals surface area contributed by atoms with Crippen molar-refractivity contribution in [2.75, 3.05) is 25.6 Å². The van der Waals surface area contributed by atoms with Gasteiger partial charge >= 0.3 is 5.97 Å². The van der Waals surface area contributed by atoms with Crippen molar-refractivity contribution in [1.82, 2.24) is 24.9 Å². The van der Waals surface area contributed by atoms with E-state index < -0.39 is 23.8 Å². The van der Waals surface area contributed by atoms with Gasteiger partial charge in [-0.25, -0.2) is 4.79 Å². The number of hydrogen-bond donors (Lipinski definition) is 3. The molecule has 2 aromatic heterocycles. The van der Waals surface area contributed by atoms with Gasteiger partial charge in [0.25, 0.3) is 5.91 Å². The Hall–Kier alpha value is -3.21. The van der Waals surface area contributed by atoms with Crippen LogP contribution in [0.4, 0.5) is 5.69 Å². The number of carbonyl (C=O) groups excluding carboxylic acids is 2. The minimum absolute atomic E-state index is 0.0835. The Morgan fingerprint density at radius 3 is 2.67 bits per heavy atom. The van der Waals surface area contributed by atoms with Crippen LogP contribution in [0.1, 0.15) is 40.9 Å². The molecular weight excluding hydrogens is 356 g/mol. The van der Waals surface area contributed by atoms with Crippen molar-refractivity contribution in [1.29, 1.82) is 0 Å². The molecule has 1 unspecified atom stereocenters. The highest BCUT2D eigenvalue weighted by molar-refractivity contribution is 6.03. The number of anilines is 1. The maximum absolute atomic E-state index is 12.5. The van der Waals surface area contributed by atoms with Crippen LogP contribution in [-0.2, 0) is 16.1 Å². The van der Waals surface area contributed by atoms with Gasteiger partial charge in [-0.1, -0.05) is 0 Å². The van der Waals surface area contributed by atoms with E-state index in [0.717, 1.165) is 0 Å². The van der Waals surface area contributed by atoms with Crippen molar-refractivity contribution in [3.8, 4) is 0 Å². The number of methoxy groups -OCH3 is 1. The van der Waals surface area contributed by atoms with Crippen LogP contribution < -0.4 is 10.6 Å². The van der Waals surface area contributed by atoms with Crippen LogP contribution in [0.2, 0.25) is 0 Å². The molecule has 0 fully saturated rings. The summed E-state index contributed by atoms with van der Waals surface area (Å²) in [6.45, 7) is 4.60. The smallest absolute Gasteiger partial charge is 0.356 e. The van der Waals surface area contributed by atoms with Gasteiger partial charge in [-0.2, -0.15) is 10.2 Å². The molecule has 0 aromatic carbocycles. The Balaban J connectivity index is 2.14. The Labute approximate surface area is 155 Å². The van der Waals surface area contributed by atoms with Gasteiger partial charge in [-0.05, 0) is 19.9 Å². The van der Waals surface area contributed by atoms with E-state index in [9.17, 15) is 14.4 Å². The fourth-order valence-corrected chi connectivity index (χ4v) is 2.22. The summed E-state index contributed by atoms with van der Waals surface area (Å²) in [7, 11) is 1.52. The minimum atomic E-state index is -1.18. The summed E-state index contributed by atoms with van der Waals surface area (Å²) >= 11 is 0. The molecule has 11 nitrogen and oxygen atoms in total. The van der Waals surface area contributed by atoms with Gasteiger partial charge < -0.3 is 20.5 Å². The molecule has 0 bridgehead atoms. The first-order valence-corrected chi connectivity index (χ1v) is 8.31. The zero-order chi connectivity index (χ0) is 20.0. The van der Waals surface area contributed by atoms with Crippen molar-refractivity contribution in [2.24, 2.45) is 0 Å². The molecular formula is C16H22N6O5. The number of rotatable bonds is 9. The monoisotopic (exact) mass is 378 g/mol. The van der Waals surface area contributed by atoms with Crippen LogP contribution in [0, 0.1) is 0 Å². The molecule has 11 heteroatoms. The summed E-state index contributed by atoms with van der Waals surface area (Å²) in [5, 5.41) is 22.2. The Morgan fingerprint density at radius 1 is 1.33 bits per heavy atom. The SMILES string of the molecule is CCn1cc(NC(=O)C(C)n2ccc(C(=O)O)n2)c(C(=O)NCCOC)n1. The predicted molar refractivity (Wildman–Crippen MR) is 94.6 cm³/mol. The maximum Gasteiger partial charge on any atom is 0.356 e. The third kappa shape index (κ3) is 4.91. The molecule has 2 heterocycles. The second kappa shape index (κ2) is 8.94. The second-order valence-corrected chi connectivity index (χ2v) is 5.65. The summed E-state index contributed by atoms with van der Waals surface area (Å²) in [6.07, 6.45) is 2.96. The first kappa shape index (κ1) is 20.1. The molecule has 0 radical (unpaired) electrons. The van der Waals surface area contributed by atoms with Crippen molar-refractivity contribution < 1.29 is 24.2 Å². The zero-order valence-electron chi connectivity index (χ0n) is 15.3. The highest BCUT2D eigenvalue weighted by Gasteiger charge is 2.22. The van der Waals surface area contributed by atoms with E-state index in [0.29, 0.717) is 19.7 Å². The average molecular weight is 378 g/mol. The van der Waals surface area contributed by atoms with Crippen molar-refractivity contribution in [2.45, 2.75) is 26.4 Å². The number of aryl methyl sites for hydroxylation is 1. The van der Waals surface area contributed by atoms with Crippen molar-refractivity contribution in [3.05, 3.63) is 29.8 Å². The molecule has 2 rings (SSSR count). The van der Waals surface area contributed by atoms with Gasteiger partial charge in [0.2, 0.25) is 5.91 Å².